The zero-order valence-corrected chi connectivity index (χ0v) is 10.3. The summed E-state index contributed by atoms with van der Waals surface area (Å²) in [6.45, 7) is 0.916. The average Bonchev–Trinajstić information content (AvgIpc) is 2.35. The van der Waals surface area contributed by atoms with Gasteiger partial charge in [0, 0.05) is 32.7 Å². The minimum Gasteiger partial charge on any atom is -0.382 e. The van der Waals surface area contributed by atoms with Gasteiger partial charge in [0.1, 0.15) is 6.61 Å². The van der Waals surface area contributed by atoms with Gasteiger partial charge in [0.25, 0.3) is 0 Å². The molecule has 0 bridgehead atoms. The largest absolute Gasteiger partial charge is 0.382 e. The van der Waals surface area contributed by atoms with E-state index < -0.39 is 0 Å². The van der Waals surface area contributed by atoms with Crippen LogP contribution in [0.2, 0.25) is 0 Å². The van der Waals surface area contributed by atoms with Gasteiger partial charge in [0.2, 0.25) is 5.91 Å². The molecular weight excluding hydrogens is 216 g/mol. The van der Waals surface area contributed by atoms with Gasteiger partial charge in [0.05, 0.1) is 6.10 Å². The second-order valence-electron chi connectivity index (χ2n) is 4.46. The summed E-state index contributed by atoms with van der Waals surface area (Å²) in [6.07, 6.45) is 0.943. The normalized spacial score (nSPS) is 18.1. The molecule has 0 saturated carbocycles. The first-order valence-corrected chi connectivity index (χ1v) is 5.80. The zero-order valence-electron chi connectivity index (χ0n) is 10.3. The number of carbonyl (C=O) groups excluding carboxylic acids is 1. The van der Waals surface area contributed by atoms with Crippen LogP contribution in [0.3, 0.4) is 0 Å². The number of hydrogen-bond acceptors (Lipinski definition) is 3. The van der Waals surface area contributed by atoms with Gasteiger partial charge in [-0.3, -0.25) is 4.79 Å². The maximum Gasteiger partial charge on any atom is 0.248 e. The Bertz CT molecular complexity index is 404. The Morgan fingerprint density at radius 3 is 3.00 bits per heavy atom. The highest BCUT2D eigenvalue weighted by Crippen LogP contribution is 2.22. The van der Waals surface area contributed by atoms with Crippen molar-refractivity contribution in [1.29, 1.82) is 0 Å². The highest BCUT2D eigenvalue weighted by atomic mass is 16.5. The van der Waals surface area contributed by atoms with Crippen molar-refractivity contribution in [3.8, 4) is 0 Å². The number of nitrogens with one attached hydrogen (secondary N) is 1. The van der Waals surface area contributed by atoms with Crippen LogP contribution < -0.4 is 5.32 Å². The fourth-order valence-corrected chi connectivity index (χ4v) is 1.85. The van der Waals surface area contributed by atoms with Crippen molar-refractivity contribution in [3.05, 3.63) is 29.8 Å². The molecular formula is C13H18N2O2. The van der Waals surface area contributed by atoms with Crippen LogP contribution in [0.4, 0.5) is 5.69 Å². The predicted molar refractivity (Wildman–Crippen MR) is 67.1 cm³/mol. The van der Waals surface area contributed by atoms with E-state index in [9.17, 15) is 4.79 Å². The maximum atomic E-state index is 11.4. The van der Waals surface area contributed by atoms with E-state index in [1.165, 1.54) is 11.3 Å². The topological polar surface area (TPSA) is 41.6 Å². The maximum absolute atomic E-state index is 11.4. The number of anilines is 1. The van der Waals surface area contributed by atoms with Crippen molar-refractivity contribution < 1.29 is 9.53 Å². The van der Waals surface area contributed by atoms with Crippen LogP contribution in [0.5, 0.6) is 0 Å². The van der Waals surface area contributed by atoms with E-state index in [2.05, 4.69) is 17.4 Å². The van der Waals surface area contributed by atoms with Crippen LogP contribution in [0.1, 0.15) is 5.56 Å². The fourth-order valence-electron chi connectivity index (χ4n) is 1.85. The third-order valence-electron chi connectivity index (χ3n) is 2.93. The Morgan fingerprint density at radius 1 is 1.47 bits per heavy atom. The first-order valence-electron chi connectivity index (χ1n) is 5.80. The first-order chi connectivity index (χ1) is 8.16. The van der Waals surface area contributed by atoms with Crippen molar-refractivity contribution in [3.63, 3.8) is 0 Å². The van der Waals surface area contributed by atoms with Crippen molar-refractivity contribution >= 4 is 11.6 Å². The molecule has 0 aliphatic carbocycles. The number of hydrogen-bond donors (Lipinski definition) is 1. The summed E-state index contributed by atoms with van der Waals surface area (Å²) in [5.41, 5.74) is 2.42. The molecule has 1 N–H and O–H groups in total. The molecule has 4 nitrogen and oxygen atoms in total. The lowest BCUT2D eigenvalue weighted by atomic mass is 10.0. The van der Waals surface area contributed by atoms with Crippen molar-refractivity contribution in [2.45, 2.75) is 12.5 Å². The minimum atomic E-state index is 0.00357. The molecule has 1 aliphatic heterocycles. The molecule has 1 unspecified atom stereocenters. The number of likely N-dealkylation sites (N-methyl/N-ethyl adjacent to an activating group) is 1. The van der Waals surface area contributed by atoms with Gasteiger partial charge in [-0.25, -0.2) is 0 Å². The molecule has 4 heteroatoms. The summed E-state index contributed by atoms with van der Waals surface area (Å²) >= 11 is 0. The zero-order chi connectivity index (χ0) is 12.3. The standard InChI is InChI=1S/C13H18N2O2/c1-15(2)13(16)9-17-11-7-10-5-3-4-6-12(10)14-8-11/h3-6,11,14H,7-9H2,1-2H3. The molecule has 1 atom stereocenters. The number of ether oxygens (including phenoxy) is 1. The highest BCUT2D eigenvalue weighted by molar-refractivity contribution is 5.76. The van der Waals surface area contributed by atoms with Crippen LogP contribution >= 0.6 is 0 Å². The van der Waals surface area contributed by atoms with Crippen LogP contribution in [0.15, 0.2) is 24.3 Å². The van der Waals surface area contributed by atoms with Gasteiger partial charge in [0.15, 0.2) is 0 Å². The Kier molecular flexibility index (Phi) is 3.64. The summed E-state index contributed by atoms with van der Waals surface area (Å²) in [6, 6.07) is 8.19. The fraction of sp³-hybridized carbons (Fsp3) is 0.462. The van der Waals surface area contributed by atoms with E-state index in [-0.39, 0.29) is 18.6 Å². The molecule has 0 radical (unpaired) electrons. The Hall–Kier alpha value is -1.55. The number of rotatable bonds is 3. The molecule has 92 valence electrons. The SMILES string of the molecule is CN(C)C(=O)COC1CNc2ccccc2C1. The molecule has 1 aliphatic rings. The van der Waals surface area contributed by atoms with Gasteiger partial charge in [-0.2, -0.15) is 0 Å². The summed E-state index contributed by atoms with van der Waals surface area (Å²) in [4.78, 5) is 13.0. The second-order valence-corrected chi connectivity index (χ2v) is 4.46. The van der Waals surface area contributed by atoms with Gasteiger partial charge in [-0.15, -0.1) is 0 Å². The summed E-state index contributed by atoms with van der Waals surface area (Å²) < 4.78 is 5.61. The van der Waals surface area contributed by atoms with E-state index in [0.29, 0.717) is 0 Å². The second kappa shape index (κ2) is 5.19. The van der Waals surface area contributed by atoms with E-state index in [1.54, 1.807) is 19.0 Å². The Labute approximate surface area is 102 Å². The van der Waals surface area contributed by atoms with Gasteiger partial charge in [-0.05, 0) is 11.6 Å². The number of para-hydroxylation sites is 1. The lowest BCUT2D eigenvalue weighted by Gasteiger charge is -2.26. The molecule has 0 aromatic heterocycles. The molecule has 1 aromatic carbocycles. The van der Waals surface area contributed by atoms with Crippen molar-refractivity contribution in [1.82, 2.24) is 4.90 Å². The molecule has 2 rings (SSSR count). The molecule has 0 saturated heterocycles. The van der Waals surface area contributed by atoms with Crippen LogP contribution in [0.25, 0.3) is 0 Å². The molecule has 1 amide bonds. The van der Waals surface area contributed by atoms with Gasteiger partial charge < -0.3 is 15.0 Å². The van der Waals surface area contributed by atoms with Crippen molar-refractivity contribution in [2.75, 3.05) is 32.6 Å². The Balaban J connectivity index is 1.88. The van der Waals surface area contributed by atoms with Crippen LogP contribution in [-0.4, -0.2) is 44.2 Å². The van der Waals surface area contributed by atoms with Crippen molar-refractivity contribution in [2.24, 2.45) is 0 Å². The third-order valence-corrected chi connectivity index (χ3v) is 2.93. The van der Waals surface area contributed by atoms with E-state index in [1.807, 2.05) is 12.1 Å². The average molecular weight is 234 g/mol. The molecule has 1 aromatic rings. The number of carbonyl (C=O) groups is 1. The number of nitrogens with zero attached hydrogens (tertiary/aromatic N) is 1. The smallest absolute Gasteiger partial charge is 0.248 e. The monoisotopic (exact) mass is 234 g/mol. The molecule has 0 spiro atoms. The molecule has 17 heavy (non-hydrogen) atoms. The van der Waals surface area contributed by atoms with Crippen LogP contribution in [0, 0.1) is 0 Å². The lowest BCUT2D eigenvalue weighted by Crippen LogP contribution is -2.34. The number of fused-ring (bicyclic) bond motifs is 1. The molecule has 1 heterocycles. The summed E-state index contributed by atoms with van der Waals surface area (Å²) in [5.74, 6) is 0.00357. The van der Waals surface area contributed by atoms with E-state index in [4.69, 9.17) is 4.74 Å². The minimum absolute atomic E-state index is 0.00357. The van der Waals surface area contributed by atoms with Gasteiger partial charge >= 0.3 is 0 Å². The summed E-state index contributed by atoms with van der Waals surface area (Å²) in [7, 11) is 3.47. The van der Waals surface area contributed by atoms with E-state index >= 15 is 0 Å². The first kappa shape index (κ1) is 11.9. The third kappa shape index (κ3) is 2.97. The van der Waals surface area contributed by atoms with E-state index in [0.717, 1.165) is 13.0 Å². The lowest BCUT2D eigenvalue weighted by molar-refractivity contribution is -0.135. The van der Waals surface area contributed by atoms with Crippen LogP contribution in [-0.2, 0) is 16.0 Å². The van der Waals surface area contributed by atoms with Gasteiger partial charge in [-0.1, -0.05) is 18.2 Å². The quantitative estimate of drug-likeness (QED) is 0.852. The number of benzene rings is 1. The number of amides is 1. The highest BCUT2D eigenvalue weighted by Gasteiger charge is 2.19. The summed E-state index contributed by atoms with van der Waals surface area (Å²) in [5, 5.41) is 3.32. The predicted octanol–water partition coefficient (Wildman–Crippen LogP) is 1.13. The molecule has 0 fully saturated rings. The Morgan fingerprint density at radius 2 is 2.24 bits per heavy atom.